The first-order valence-corrected chi connectivity index (χ1v) is 36.8. The van der Waals surface area contributed by atoms with Gasteiger partial charge in [0.25, 0.3) is 0 Å². The van der Waals surface area contributed by atoms with Gasteiger partial charge in [-0.2, -0.15) is 0 Å². The number of rotatable bonds is 63. The van der Waals surface area contributed by atoms with Gasteiger partial charge in [0, 0.05) is 6.42 Å². The molecule has 0 aromatic heterocycles. The summed E-state index contributed by atoms with van der Waals surface area (Å²) < 4.78 is 11.3. The van der Waals surface area contributed by atoms with Crippen LogP contribution in [0.4, 0.5) is 0 Å². The summed E-state index contributed by atoms with van der Waals surface area (Å²) in [4.78, 5) is 13.1. The van der Waals surface area contributed by atoms with Gasteiger partial charge >= 0.3 is 0 Å². The molecule has 0 aromatic rings. The first-order chi connectivity index (χ1) is 43.3. The van der Waals surface area contributed by atoms with Crippen LogP contribution < -0.4 is 5.32 Å². The average molecular weight is 1230 g/mol. The smallest absolute Gasteiger partial charge is 0.220 e. The van der Waals surface area contributed by atoms with Gasteiger partial charge < -0.3 is 40.3 Å². The summed E-state index contributed by atoms with van der Waals surface area (Å²) in [6, 6.07) is -0.839. The molecule has 0 radical (unpaired) electrons. The third kappa shape index (κ3) is 54.3. The molecule has 88 heavy (non-hydrogen) atoms. The van der Waals surface area contributed by atoms with Crippen molar-refractivity contribution < 1.29 is 39.8 Å². The minimum absolute atomic E-state index is 0.194. The Balaban J connectivity index is 2.16. The highest BCUT2D eigenvalue weighted by Gasteiger charge is 2.44. The molecule has 6 N–H and O–H groups in total. The molecule has 0 spiro atoms. The van der Waals surface area contributed by atoms with Crippen molar-refractivity contribution in [1.29, 1.82) is 0 Å². The van der Waals surface area contributed by atoms with E-state index in [1.807, 2.05) is 6.08 Å². The van der Waals surface area contributed by atoms with Gasteiger partial charge in [-0.3, -0.25) is 4.79 Å². The molecule has 506 valence electrons. The van der Waals surface area contributed by atoms with Gasteiger partial charge in [0.2, 0.25) is 5.91 Å². The van der Waals surface area contributed by atoms with E-state index >= 15 is 0 Å². The number of hydrogen-bond donors (Lipinski definition) is 6. The van der Waals surface area contributed by atoms with Gasteiger partial charge in [-0.05, 0) is 103 Å². The predicted octanol–water partition coefficient (Wildman–Crippen LogP) is 20.6. The first-order valence-electron chi connectivity index (χ1n) is 36.8. The molecule has 0 aliphatic carbocycles. The van der Waals surface area contributed by atoms with Gasteiger partial charge in [-0.25, -0.2) is 0 Å². The van der Waals surface area contributed by atoms with E-state index in [4.69, 9.17) is 9.47 Å². The number of allylic oxidation sites excluding steroid dienone is 19. The minimum Gasteiger partial charge on any atom is -0.394 e. The minimum atomic E-state index is -1.58. The van der Waals surface area contributed by atoms with E-state index < -0.39 is 49.5 Å². The van der Waals surface area contributed by atoms with Crippen LogP contribution in [0.5, 0.6) is 0 Å². The topological polar surface area (TPSA) is 149 Å². The monoisotopic (exact) mass is 1230 g/mol. The third-order valence-electron chi connectivity index (χ3n) is 16.7. The van der Waals surface area contributed by atoms with E-state index in [0.717, 1.165) is 89.9 Å². The van der Waals surface area contributed by atoms with Crippen LogP contribution in [-0.2, 0) is 14.3 Å². The van der Waals surface area contributed by atoms with E-state index in [-0.39, 0.29) is 12.5 Å². The molecule has 7 unspecified atom stereocenters. The lowest BCUT2D eigenvalue weighted by Gasteiger charge is -2.40. The Morgan fingerprint density at radius 3 is 1.09 bits per heavy atom. The van der Waals surface area contributed by atoms with Crippen molar-refractivity contribution in [2.75, 3.05) is 13.2 Å². The van der Waals surface area contributed by atoms with Gasteiger partial charge in [0.15, 0.2) is 6.29 Å². The normalized spacial score (nSPS) is 18.6. The average Bonchev–Trinajstić information content (AvgIpc) is 3.65. The lowest BCUT2D eigenvalue weighted by molar-refractivity contribution is -0.302. The maximum Gasteiger partial charge on any atom is 0.220 e. The predicted molar refractivity (Wildman–Crippen MR) is 377 cm³/mol. The number of ether oxygens (including phenoxy) is 2. The Labute approximate surface area is 541 Å². The van der Waals surface area contributed by atoms with E-state index in [2.05, 4.69) is 129 Å². The molecule has 0 bridgehead atoms. The quantitative estimate of drug-likeness (QED) is 0.0261. The van der Waals surface area contributed by atoms with Gasteiger partial charge in [-0.1, -0.05) is 328 Å². The van der Waals surface area contributed by atoms with Crippen molar-refractivity contribution in [2.24, 2.45) is 0 Å². The van der Waals surface area contributed by atoms with E-state index in [1.54, 1.807) is 6.08 Å². The number of amides is 1. The molecule has 1 rings (SSSR count). The summed E-state index contributed by atoms with van der Waals surface area (Å²) in [5, 5.41) is 54.8. The first kappa shape index (κ1) is 82.6. The number of carbonyl (C=O) groups is 1. The molecule has 1 amide bonds. The Morgan fingerprint density at radius 2 is 0.716 bits per heavy atom. The van der Waals surface area contributed by atoms with Crippen molar-refractivity contribution in [3.8, 4) is 0 Å². The van der Waals surface area contributed by atoms with Crippen LogP contribution in [0.3, 0.4) is 0 Å². The molecule has 1 saturated heterocycles. The van der Waals surface area contributed by atoms with Crippen molar-refractivity contribution in [2.45, 2.75) is 358 Å². The Bertz CT molecular complexity index is 1810. The number of unbranched alkanes of at least 4 members (excludes halogenated alkanes) is 35. The highest BCUT2D eigenvalue weighted by atomic mass is 16.7. The van der Waals surface area contributed by atoms with Crippen LogP contribution in [0.25, 0.3) is 0 Å². The van der Waals surface area contributed by atoms with Gasteiger partial charge in [-0.15, -0.1) is 0 Å². The maximum atomic E-state index is 13.1. The molecule has 7 atom stereocenters. The molecule has 1 aliphatic heterocycles. The van der Waals surface area contributed by atoms with E-state index in [9.17, 15) is 30.3 Å². The molecular formula is C79H137NO8. The summed E-state index contributed by atoms with van der Waals surface area (Å²) in [5.41, 5.74) is 0. The standard InChI is InChI=1S/C79H137NO8/c1-3-5-7-9-11-13-15-17-19-21-23-25-27-29-31-33-35-36-37-38-39-41-43-45-47-49-51-53-55-57-59-61-63-65-67-69-75(83)80-72(71-87-79-78(86)77(85)76(84)74(70-81)88-79)73(82)68-66-64-62-60-58-56-54-52-50-48-46-44-42-40-34-32-30-28-26-24-22-20-18-16-14-12-10-8-6-4-2/h5,7,11,13,17,19,23,25,29,31,35-36,38-39,50,52,58,60,66,68,72-74,76-79,81-82,84-86H,3-4,6,8-10,12,14-16,18,20-22,24,26-28,30,32-34,37,40-49,51,53-57,59,61-65,67,69-71H2,1-2H3,(H,80,83)/b7-5-,13-11-,19-17-,25-23-,31-29-,36-35-,39-38-,52-50+,60-58+,68-66+. The Kier molecular flexibility index (Phi) is 62.4. The molecular weight excluding hydrogens is 1090 g/mol. The number of aliphatic hydroxyl groups excluding tert-OH is 5. The maximum absolute atomic E-state index is 13.1. The van der Waals surface area contributed by atoms with Crippen LogP contribution in [0.1, 0.15) is 316 Å². The summed E-state index contributed by atoms with van der Waals surface area (Å²) in [7, 11) is 0. The molecule has 1 aliphatic rings. The molecule has 9 heteroatoms. The summed E-state index contributed by atoms with van der Waals surface area (Å²) in [5.74, 6) is -0.194. The van der Waals surface area contributed by atoms with Crippen LogP contribution in [-0.4, -0.2) is 87.5 Å². The molecule has 1 fully saturated rings. The SMILES string of the molecule is CC/C=C\C/C=C\C/C=C\C/C=C\C/C=C\C/C=C\C/C=C\CCCCCCCCCCCCCCCC(=O)NC(COC1OC(CO)C(O)C(O)C1O)C(O)/C=C/CC/C=C/CC/C=C/CCCCCCCCCCCCCCCCCCCCCC. The van der Waals surface area contributed by atoms with Crippen LogP contribution in [0.15, 0.2) is 122 Å². The zero-order chi connectivity index (χ0) is 63.5. The lowest BCUT2D eigenvalue weighted by Crippen LogP contribution is -2.60. The summed E-state index contributed by atoms with van der Waals surface area (Å²) in [6.07, 6.45) is 93.1. The number of aliphatic hydroxyl groups is 5. The molecule has 0 saturated carbocycles. The Morgan fingerprint density at radius 1 is 0.398 bits per heavy atom. The van der Waals surface area contributed by atoms with Crippen LogP contribution in [0, 0.1) is 0 Å². The van der Waals surface area contributed by atoms with E-state index in [0.29, 0.717) is 6.42 Å². The third-order valence-corrected chi connectivity index (χ3v) is 16.7. The number of nitrogens with one attached hydrogen (secondary N) is 1. The van der Waals surface area contributed by atoms with Crippen molar-refractivity contribution in [3.63, 3.8) is 0 Å². The van der Waals surface area contributed by atoms with Crippen LogP contribution in [0.2, 0.25) is 0 Å². The molecule has 1 heterocycles. The van der Waals surface area contributed by atoms with Crippen molar-refractivity contribution in [3.05, 3.63) is 122 Å². The fourth-order valence-corrected chi connectivity index (χ4v) is 11.1. The largest absolute Gasteiger partial charge is 0.394 e. The van der Waals surface area contributed by atoms with Gasteiger partial charge in [0.1, 0.15) is 24.4 Å². The number of hydrogen-bond acceptors (Lipinski definition) is 8. The fraction of sp³-hybridized carbons (Fsp3) is 0.734. The summed E-state index contributed by atoms with van der Waals surface area (Å²) >= 11 is 0. The summed E-state index contributed by atoms with van der Waals surface area (Å²) in [6.45, 7) is 3.67. The second-order valence-corrected chi connectivity index (χ2v) is 25.0. The molecule has 0 aromatic carbocycles. The van der Waals surface area contributed by atoms with Crippen LogP contribution >= 0.6 is 0 Å². The highest BCUT2D eigenvalue weighted by molar-refractivity contribution is 5.76. The highest BCUT2D eigenvalue weighted by Crippen LogP contribution is 2.23. The Hall–Kier alpha value is -3.41. The van der Waals surface area contributed by atoms with E-state index in [1.165, 1.54) is 205 Å². The fourth-order valence-electron chi connectivity index (χ4n) is 11.1. The zero-order valence-corrected chi connectivity index (χ0v) is 56.7. The second-order valence-electron chi connectivity index (χ2n) is 25.0. The lowest BCUT2D eigenvalue weighted by atomic mass is 9.99. The molecule has 9 nitrogen and oxygen atoms in total. The van der Waals surface area contributed by atoms with Crippen molar-refractivity contribution >= 4 is 5.91 Å². The zero-order valence-electron chi connectivity index (χ0n) is 56.7. The van der Waals surface area contributed by atoms with Crippen molar-refractivity contribution in [1.82, 2.24) is 5.32 Å². The second kappa shape index (κ2) is 66.5. The number of carbonyl (C=O) groups excluding carboxylic acids is 1. The van der Waals surface area contributed by atoms with Gasteiger partial charge in [0.05, 0.1) is 25.4 Å².